The van der Waals surface area contributed by atoms with Crippen LogP contribution in [0.15, 0.2) is 77.7 Å². The van der Waals surface area contributed by atoms with Crippen molar-refractivity contribution >= 4 is 42.4 Å². The van der Waals surface area contributed by atoms with Crippen LogP contribution in [-0.4, -0.2) is 25.1 Å². The summed E-state index contributed by atoms with van der Waals surface area (Å²) in [5.74, 6) is -1.21. The molecule has 0 unspecified atom stereocenters. The number of hydrogen-bond acceptors (Lipinski definition) is 5. The lowest BCUT2D eigenvalue weighted by atomic mass is 10.1. The first-order chi connectivity index (χ1) is 15.9. The lowest BCUT2D eigenvalue weighted by molar-refractivity contribution is -0.118. The first-order valence-electron chi connectivity index (χ1n) is 10.6. The monoisotopic (exact) mass is 482 g/mol. The molecule has 170 valence electrons. The van der Waals surface area contributed by atoms with Gasteiger partial charge in [-0.15, -0.1) is 0 Å². The van der Waals surface area contributed by atoms with Crippen LogP contribution < -0.4 is 4.90 Å². The molecule has 4 rings (SSSR count). The standard InChI is InChI=1S/C25H23FN2O3S2/c1-2-19-9-6-10-22-24(19)27-25(32-22)28(17-18-7-4-3-5-8-18)23(29)15-16-33(30,31)21-13-11-20(26)12-14-21/h3-14H,2,15-17H2,1H3. The number of sulfone groups is 1. The molecule has 0 radical (unpaired) electrons. The summed E-state index contributed by atoms with van der Waals surface area (Å²) in [6, 6.07) is 20.1. The van der Waals surface area contributed by atoms with Crippen LogP contribution in [0.1, 0.15) is 24.5 Å². The van der Waals surface area contributed by atoms with Gasteiger partial charge in [0, 0.05) is 6.42 Å². The Hall–Kier alpha value is -3.10. The summed E-state index contributed by atoms with van der Waals surface area (Å²) in [7, 11) is -3.73. The zero-order valence-electron chi connectivity index (χ0n) is 18.1. The lowest BCUT2D eigenvalue weighted by Gasteiger charge is -2.20. The average Bonchev–Trinajstić information content (AvgIpc) is 3.26. The molecule has 1 heterocycles. The minimum Gasteiger partial charge on any atom is -0.284 e. The van der Waals surface area contributed by atoms with E-state index in [4.69, 9.17) is 4.98 Å². The maximum atomic E-state index is 13.3. The number of rotatable bonds is 8. The van der Waals surface area contributed by atoms with Crippen LogP contribution in [0.4, 0.5) is 9.52 Å². The Morgan fingerprint density at radius 1 is 1.00 bits per heavy atom. The van der Waals surface area contributed by atoms with Crippen LogP contribution in [0.3, 0.4) is 0 Å². The second-order valence-electron chi connectivity index (χ2n) is 7.60. The zero-order valence-corrected chi connectivity index (χ0v) is 19.7. The normalized spacial score (nSPS) is 11.6. The number of aryl methyl sites for hydroxylation is 1. The quantitative estimate of drug-likeness (QED) is 0.316. The van der Waals surface area contributed by atoms with Crippen molar-refractivity contribution < 1.29 is 17.6 Å². The third-order valence-electron chi connectivity index (χ3n) is 5.35. The van der Waals surface area contributed by atoms with E-state index in [0.29, 0.717) is 5.13 Å². The summed E-state index contributed by atoms with van der Waals surface area (Å²) < 4.78 is 39.5. The van der Waals surface area contributed by atoms with Crippen molar-refractivity contribution in [3.8, 4) is 0 Å². The van der Waals surface area contributed by atoms with Crippen LogP contribution in [0.5, 0.6) is 0 Å². The first-order valence-corrected chi connectivity index (χ1v) is 13.1. The van der Waals surface area contributed by atoms with E-state index in [1.807, 2.05) is 48.5 Å². The molecule has 0 saturated carbocycles. The van der Waals surface area contributed by atoms with Gasteiger partial charge in [-0.2, -0.15) is 0 Å². The van der Waals surface area contributed by atoms with E-state index in [1.54, 1.807) is 4.90 Å². The van der Waals surface area contributed by atoms with Gasteiger partial charge in [0.2, 0.25) is 5.91 Å². The predicted molar refractivity (Wildman–Crippen MR) is 130 cm³/mol. The number of carbonyl (C=O) groups is 1. The largest absolute Gasteiger partial charge is 0.284 e. The van der Waals surface area contributed by atoms with Crippen molar-refractivity contribution in [3.05, 3.63) is 89.7 Å². The topological polar surface area (TPSA) is 67.3 Å². The molecule has 4 aromatic rings. The van der Waals surface area contributed by atoms with Crippen molar-refractivity contribution in [2.75, 3.05) is 10.7 Å². The fraction of sp³-hybridized carbons (Fsp3) is 0.200. The van der Waals surface area contributed by atoms with Crippen LogP contribution in [0, 0.1) is 5.82 Å². The van der Waals surface area contributed by atoms with Crippen molar-refractivity contribution in [2.24, 2.45) is 0 Å². The van der Waals surface area contributed by atoms with Gasteiger partial charge in [-0.25, -0.2) is 17.8 Å². The molecule has 0 bridgehead atoms. The van der Waals surface area contributed by atoms with E-state index in [-0.39, 0.29) is 29.5 Å². The Labute approximate surface area is 196 Å². The Balaban J connectivity index is 1.62. The van der Waals surface area contributed by atoms with Crippen molar-refractivity contribution in [3.63, 3.8) is 0 Å². The van der Waals surface area contributed by atoms with E-state index < -0.39 is 15.7 Å². The number of benzene rings is 3. The maximum Gasteiger partial charge on any atom is 0.230 e. The van der Waals surface area contributed by atoms with Crippen molar-refractivity contribution in [1.29, 1.82) is 0 Å². The highest BCUT2D eigenvalue weighted by molar-refractivity contribution is 7.91. The second-order valence-corrected chi connectivity index (χ2v) is 10.7. The number of hydrogen-bond donors (Lipinski definition) is 0. The Kier molecular flexibility index (Phi) is 6.85. The van der Waals surface area contributed by atoms with Gasteiger partial charge in [-0.1, -0.05) is 60.7 Å². The molecule has 1 aromatic heterocycles. The lowest BCUT2D eigenvalue weighted by Crippen LogP contribution is -2.31. The molecule has 1 amide bonds. The van der Waals surface area contributed by atoms with Gasteiger partial charge in [0.15, 0.2) is 15.0 Å². The van der Waals surface area contributed by atoms with Gasteiger partial charge >= 0.3 is 0 Å². The molecular formula is C25H23FN2O3S2. The fourth-order valence-corrected chi connectivity index (χ4v) is 5.80. The molecular weight excluding hydrogens is 459 g/mol. The fourth-order valence-electron chi connectivity index (χ4n) is 3.54. The number of amides is 1. The third kappa shape index (κ3) is 5.29. The molecule has 0 fully saturated rings. The number of thiazole rings is 1. The molecule has 0 aliphatic carbocycles. The smallest absolute Gasteiger partial charge is 0.230 e. The number of anilines is 1. The van der Waals surface area contributed by atoms with E-state index in [1.165, 1.54) is 23.5 Å². The van der Waals surface area contributed by atoms with Crippen LogP contribution in [0.25, 0.3) is 10.2 Å². The Morgan fingerprint density at radius 3 is 2.42 bits per heavy atom. The van der Waals surface area contributed by atoms with Gasteiger partial charge < -0.3 is 0 Å². The number of fused-ring (bicyclic) bond motifs is 1. The Morgan fingerprint density at radius 2 is 1.73 bits per heavy atom. The SMILES string of the molecule is CCc1cccc2sc(N(Cc3ccccc3)C(=O)CCS(=O)(=O)c3ccc(F)cc3)nc12. The predicted octanol–water partition coefficient (Wildman–Crippen LogP) is 5.40. The highest BCUT2D eigenvalue weighted by Crippen LogP contribution is 2.32. The van der Waals surface area contributed by atoms with Crippen LogP contribution >= 0.6 is 11.3 Å². The van der Waals surface area contributed by atoms with Gasteiger partial charge in [-0.3, -0.25) is 9.69 Å². The number of para-hydroxylation sites is 1. The van der Waals surface area contributed by atoms with Gasteiger partial charge in [0.25, 0.3) is 0 Å². The van der Waals surface area contributed by atoms with Crippen molar-refractivity contribution in [1.82, 2.24) is 4.98 Å². The molecule has 0 aliphatic rings. The van der Waals surface area contributed by atoms with E-state index in [2.05, 4.69) is 6.92 Å². The molecule has 0 saturated heterocycles. The summed E-state index contributed by atoms with van der Waals surface area (Å²) in [6.07, 6.45) is 0.617. The summed E-state index contributed by atoms with van der Waals surface area (Å²) in [4.78, 5) is 19.6. The maximum absolute atomic E-state index is 13.3. The summed E-state index contributed by atoms with van der Waals surface area (Å²) in [5.41, 5.74) is 2.88. The first kappa shape index (κ1) is 23.1. The highest BCUT2D eigenvalue weighted by Gasteiger charge is 2.24. The molecule has 33 heavy (non-hydrogen) atoms. The minimum atomic E-state index is -3.73. The molecule has 0 aliphatic heterocycles. The highest BCUT2D eigenvalue weighted by atomic mass is 32.2. The molecule has 0 atom stereocenters. The third-order valence-corrected chi connectivity index (χ3v) is 8.12. The van der Waals surface area contributed by atoms with Crippen LogP contribution in [-0.2, 0) is 27.6 Å². The van der Waals surface area contributed by atoms with E-state index in [0.717, 1.165) is 39.9 Å². The number of nitrogens with zero attached hydrogens (tertiary/aromatic N) is 2. The molecule has 0 spiro atoms. The molecule has 5 nitrogen and oxygen atoms in total. The molecule has 3 aromatic carbocycles. The van der Waals surface area contributed by atoms with E-state index >= 15 is 0 Å². The summed E-state index contributed by atoms with van der Waals surface area (Å²) >= 11 is 1.42. The second kappa shape index (κ2) is 9.80. The van der Waals surface area contributed by atoms with Crippen LogP contribution in [0.2, 0.25) is 0 Å². The van der Waals surface area contributed by atoms with Gasteiger partial charge in [-0.05, 0) is 47.9 Å². The number of carbonyl (C=O) groups excluding carboxylic acids is 1. The van der Waals surface area contributed by atoms with Gasteiger partial charge in [0.05, 0.1) is 27.4 Å². The van der Waals surface area contributed by atoms with Gasteiger partial charge in [0.1, 0.15) is 5.82 Å². The van der Waals surface area contributed by atoms with E-state index in [9.17, 15) is 17.6 Å². The molecule has 8 heteroatoms. The number of aromatic nitrogens is 1. The summed E-state index contributed by atoms with van der Waals surface area (Å²) in [5, 5.41) is 0.541. The zero-order chi connectivity index (χ0) is 23.4. The Bertz CT molecular complexity index is 1370. The molecule has 0 N–H and O–H groups in total. The van der Waals surface area contributed by atoms with Crippen molar-refractivity contribution in [2.45, 2.75) is 31.2 Å². The number of halogens is 1. The minimum absolute atomic E-state index is 0.00103. The average molecular weight is 483 g/mol. The summed E-state index contributed by atoms with van der Waals surface area (Å²) in [6.45, 7) is 2.35.